The van der Waals surface area contributed by atoms with Gasteiger partial charge in [-0.2, -0.15) is 0 Å². The number of carbonyl (C=O) groups excluding carboxylic acids is 1. The van der Waals surface area contributed by atoms with Crippen LogP contribution in [0.3, 0.4) is 0 Å². The van der Waals surface area contributed by atoms with E-state index >= 15 is 0 Å². The predicted molar refractivity (Wildman–Crippen MR) is 79.0 cm³/mol. The number of carbonyl (C=O) groups is 1. The summed E-state index contributed by atoms with van der Waals surface area (Å²) in [6, 6.07) is 15.4. The Hall–Kier alpha value is -2.29. The number of benzene rings is 2. The zero-order chi connectivity index (χ0) is 13.7. The molecule has 98 valence electrons. The minimum Gasteiger partial charge on any atom is -0.399 e. The van der Waals surface area contributed by atoms with Crippen LogP contribution in [0.1, 0.15) is 17.5 Å². The molecule has 1 amide bonds. The van der Waals surface area contributed by atoms with Crippen molar-refractivity contribution in [2.24, 2.45) is 0 Å². The number of hydrogen-bond donors (Lipinski definition) is 2. The highest BCUT2D eigenvalue weighted by Gasteiger charge is 2.03. The third kappa shape index (κ3) is 4.14. The van der Waals surface area contributed by atoms with Gasteiger partial charge in [0.1, 0.15) is 0 Å². The molecular formula is C16H18N2O. The molecule has 0 fully saturated rings. The molecule has 0 spiro atoms. The number of anilines is 2. The van der Waals surface area contributed by atoms with Crippen molar-refractivity contribution in [1.29, 1.82) is 0 Å². The molecule has 2 aromatic carbocycles. The van der Waals surface area contributed by atoms with Crippen molar-refractivity contribution < 1.29 is 4.79 Å². The zero-order valence-electron chi connectivity index (χ0n) is 11.0. The van der Waals surface area contributed by atoms with Gasteiger partial charge in [-0.15, -0.1) is 0 Å². The largest absolute Gasteiger partial charge is 0.399 e. The normalized spacial score (nSPS) is 10.2. The molecule has 0 saturated heterocycles. The van der Waals surface area contributed by atoms with Crippen molar-refractivity contribution in [2.75, 3.05) is 11.1 Å². The summed E-state index contributed by atoms with van der Waals surface area (Å²) in [6.07, 6.45) is 1.19. The molecule has 19 heavy (non-hydrogen) atoms. The second-order valence-electron chi connectivity index (χ2n) is 4.66. The fraction of sp³-hybridized carbons (Fsp3) is 0.188. The summed E-state index contributed by atoms with van der Waals surface area (Å²) in [5.41, 5.74) is 9.47. The minimum absolute atomic E-state index is 0.0300. The van der Waals surface area contributed by atoms with E-state index in [2.05, 4.69) is 5.32 Å². The van der Waals surface area contributed by atoms with Gasteiger partial charge in [-0.05, 0) is 48.7 Å². The van der Waals surface area contributed by atoms with Crippen LogP contribution in [0.15, 0.2) is 48.5 Å². The summed E-state index contributed by atoms with van der Waals surface area (Å²) in [6.45, 7) is 2.00. The average Bonchev–Trinajstić information content (AvgIpc) is 2.38. The second-order valence-corrected chi connectivity index (χ2v) is 4.66. The number of rotatable bonds is 4. The van der Waals surface area contributed by atoms with Gasteiger partial charge in [0.2, 0.25) is 5.91 Å². The van der Waals surface area contributed by atoms with Crippen molar-refractivity contribution in [3.8, 4) is 0 Å². The Bertz CT molecular complexity index is 561. The molecule has 0 radical (unpaired) electrons. The van der Waals surface area contributed by atoms with Crippen molar-refractivity contribution in [1.82, 2.24) is 0 Å². The third-order valence-corrected chi connectivity index (χ3v) is 2.92. The topological polar surface area (TPSA) is 55.1 Å². The number of aryl methyl sites for hydroxylation is 2. The molecular weight excluding hydrogens is 236 g/mol. The first-order chi connectivity index (χ1) is 9.13. The van der Waals surface area contributed by atoms with Gasteiger partial charge >= 0.3 is 0 Å². The lowest BCUT2D eigenvalue weighted by atomic mass is 10.1. The van der Waals surface area contributed by atoms with E-state index < -0.39 is 0 Å². The van der Waals surface area contributed by atoms with E-state index in [-0.39, 0.29) is 5.91 Å². The Kier molecular flexibility index (Phi) is 4.18. The number of nitrogen functional groups attached to an aromatic ring is 1. The monoisotopic (exact) mass is 254 g/mol. The van der Waals surface area contributed by atoms with E-state index in [1.54, 1.807) is 0 Å². The van der Waals surface area contributed by atoms with E-state index in [1.165, 1.54) is 0 Å². The summed E-state index contributed by atoms with van der Waals surface area (Å²) in [7, 11) is 0. The summed E-state index contributed by atoms with van der Waals surface area (Å²) in [4.78, 5) is 11.8. The van der Waals surface area contributed by atoms with Crippen molar-refractivity contribution in [3.63, 3.8) is 0 Å². The Balaban J connectivity index is 1.86. The molecule has 3 heteroatoms. The SMILES string of the molecule is Cc1cccc(NC(=O)CCc2ccc(N)cc2)c1. The van der Waals surface area contributed by atoms with Crippen molar-refractivity contribution >= 4 is 17.3 Å². The Morgan fingerprint density at radius 1 is 1.16 bits per heavy atom. The number of nitrogens with two attached hydrogens (primary N) is 1. The van der Waals surface area contributed by atoms with Crippen molar-refractivity contribution in [2.45, 2.75) is 19.8 Å². The Morgan fingerprint density at radius 3 is 2.58 bits per heavy atom. The van der Waals surface area contributed by atoms with Crippen LogP contribution in [0.25, 0.3) is 0 Å². The Morgan fingerprint density at radius 2 is 1.89 bits per heavy atom. The summed E-state index contributed by atoms with van der Waals surface area (Å²) in [5, 5.41) is 2.90. The molecule has 2 rings (SSSR count). The molecule has 0 heterocycles. The standard InChI is InChI=1S/C16H18N2O/c1-12-3-2-4-15(11-12)18-16(19)10-7-13-5-8-14(17)9-6-13/h2-6,8-9,11H,7,10,17H2,1H3,(H,18,19). The second kappa shape index (κ2) is 6.05. The highest BCUT2D eigenvalue weighted by molar-refractivity contribution is 5.90. The Labute approximate surface area is 113 Å². The molecule has 0 saturated carbocycles. The maximum atomic E-state index is 11.8. The van der Waals surface area contributed by atoms with Gasteiger partial charge in [-0.3, -0.25) is 4.79 Å². The fourth-order valence-corrected chi connectivity index (χ4v) is 1.89. The van der Waals surface area contributed by atoms with Gasteiger partial charge in [-0.1, -0.05) is 24.3 Å². The lowest BCUT2D eigenvalue weighted by Gasteiger charge is -2.06. The molecule has 3 N–H and O–H groups in total. The molecule has 2 aromatic rings. The van der Waals surface area contributed by atoms with Gasteiger partial charge < -0.3 is 11.1 Å². The van der Waals surface area contributed by atoms with Crippen molar-refractivity contribution in [3.05, 3.63) is 59.7 Å². The summed E-state index contributed by atoms with van der Waals surface area (Å²) in [5.74, 6) is 0.0300. The summed E-state index contributed by atoms with van der Waals surface area (Å²) < 4.78 is 0. The molecule has 3 nitrogen and oxygen atoms in total. The van der Waals surface area contributed by atoms with E-state index in [0.29, 0.717) is 6.42 Å². The maximum absolute atomic E-state index is 11.8. The van der Waals surface area contributed by atoms with Crippen LogP contribution in [0, 0.1) is 6.92 Å². The van der Waals surface area contributed by atoms with Crippen LogP contribution in [-0.2, 0) is 11.2 Å². The van der Waals surface area contributed by atoms with Gasteiger partial charge in [-0.25, -0.2) is 0 Å². The van der Waals surface area contributed by atoms with Gasteiger partial charge in [0.15, 0.2) is 0 Å². The molecule has 0 bridgehead atoms. The zero-order valence-corrected chi connectivity index (χ0v) is 11.0. The maximum Gasteiger partial charge on any atom is 0.224 e. The number of amides is 1. The molecule has 0 aliphatic rings. The lowest BCUT2D eigenvalue weighted by Crippen LogP contribution is -2.12. The highest BCUT2D eigenvalue weighted by Crippen LogP contribution is 2.11. The quantitative estimate of drug-likeness (QED) is 0.823. The van der Waals surface area contributed by atoms with E-state index in [0.717, 1.165) is 28.9 Å². The van der Waals surface area contributed by atoms with Gasteiger partial charge in [0.05, 0.1) is 0 Å². The third-order valence-electron chi connectivity index (χ3n) is 2.92. The number of hydrogen-bond acceptors (Lipinski definition) is 2. The lowest BCUT2D eigenvalue weighted by molar-refractivity contribution is -0.116. The van der Waals surface area contributed by atoms with Gasteiger partial charge in [0.25, 0.3) is 0 Å². The minimum atomic E-state index is 0.0300. The smallest absolute Gasteiger partial charge is 0.224 e. The van der Waals surface area contributed by atoms with Crippen LogP contribution in [0.2, 0.25) is 0 Å². The van der Waals surface area contributed by atoms with E-state index in [9.17, 15) is 4.79 Å². The first-order valence-electron chi connectivity index (χ1n) is 6.34. The van der Waals surface area contributed by atoms with Gasteiger partial charge in [0, 0.05) is 17.8 Å². The molecule has 0 unspecified atom stereocenters. The predicted octanol–water partition coefficient (Wildman–Crippen LogP) is 3.15. The first kappa shape index (κ1) is 13.1. The molecule has 0 aliphatic heterocycles. The van der Waals surface area contributed by atoms with Crippen LogP contribution in [-0.4, -0.2) is 5.91 Å². The van der Waals surface area contributed by atoms with Crippen LogP contribution in [0.5, 0.6) is 0 Å². The first-order valence-corrected chi connectivity index (χ1v) is 6.34. The molecule has 0 atom stereocenters. The van der Waals surface area contributed by atoms with Crippen LogP contribution >= 0.6 is 0 Å². The van der Waals surface area contributed by atoms with Crippen LogP contribution in [0.4, 0.5) is 11.4 Å². The molecule has 0 aromatic heterocycles. The average molecular weight is 254 g/mol. The summed E-state index contributed by atoms with van der Waals surface area (Å²) >= 11 is 0. The fourth-order valence-electron chi connectivity index (χ4n) is 1.89. The molecule has 0 aliphatic carbocycles. The van der Waals surface area contributed by atoms with E-state index in [4.69, 9.17) is 5.73 Å². The van der Waals surface area contributed by atoms with E-state index in [1.807, 2.05) is 55.5 Å². The number of nitrogens with one attached hydrogen (secondary N) is 1. The highest BCUT2D eigenvalue weighted by atomic mass is 16.1. The van der Waals surface area contributed by atoms with Crippen LogP contribution < -0.4 is 11.1 Å².